The van der Waals surface area contributed by atoms with Crippen LogP contribution in [0.25, 0.3) is 0 Å². The summed E-state index contributed by atoms with van der Waals surface area (Å²) in [7, 11) is 1.83. The molecule has 4 rings (SSSR count). The van der Waals surface area contributed by atoms with Gasteiger partial charge in [-0.05, 0) is 0 Å². The van der Waals surface area contributed by atoms with E-state index in [0.29, 0.717) is 23.9 Å². The maximum atomic E-state index is 14.6. The first-order valence-electron chi connectivity index (χ1n) is 15.5. The SMILES string of the molecule is C=C/C(=C\C=C/C)C1=C(C(=O)N2CCNCC2CCC2CCCCN2)[I-]CCCN1[C@@H]1CCCC[C@H]1COC. The molecule has 0 aromatic heterocycles. The molecule has 1 amide bonds. The van der Waals surface area contributed by atoms with E-state index in [2.05, 4.69) is 52.2 Å². The fourth-order valence-corrected chi connectivity index (χ4v) is 9.78. The summed E-state index contributed by atoms with van der Waals surface area (Å²) in [6, 6.07) is 1.30. The predicted octanol–water partition coefficient (Wildman–Crippen LogP) is 1.61. The van der Waals surface area contributed by atoms with Gasteiger partial charge in [-0.1, -0.05) is 0 Å². The number of ether oxygens (including phenoxy) is 1. The Morgan fingerprint density at radius 2 is 1.95 bits per heavy atom. The number of hydrogen-bond acceptors (Lipinski definition) is 5. The molecule has 4 atom stereocenters. The van der Waals surface area contributed by atoms with Crippen molar-refractivity contribution in [2.24, 2.45) is 5.92 Å². The predicted molar refractivity (Wildman–Crippen MR) is 157 cm³/mol. The van der Waals surface area contributed by atoms with Crippen LogP contribution in [0.3, 0.4) is 0 Å². The first-order chi connectivity index (χ1) is 19.2. The molecule has 2 N–H and O–H groups in total. The number of piperidine rings is 1. The van der Waals surface area contributed by atoms with Crippen LogP contribution in [0.2, 0.25) is 0 Å². The average molecular weight is 652 g/mol. The first kappa shape index (κ1) is 30.8. The quantitative estimate of drug-likeness (QED) is 0.214. The van der Waals surface area contributed by atoms with Crippen molar-refractivity contribution >= 4 is 5.91 Å². The van der Waals surface area contributed by atoms with Gasteiger partial charge in [0.15, 0.2) is 0 Å². The number of methoxy groups -OCH3 is 1. The Morgan fingerprint density at radius 1 is 1.10 bits per heavy atom. The molecule has 1 saturated carbocycles. The number of carbonyl (C=O) groups is 1. The second-order valence-corrected chi connectivity index (χ2v) is 14.5. The van der Waals surface area contributed by atoms with Gasteiger partial charge in [-0.15, -0.1) is 0 Å². The van der Waals surface area contributed by atoms with Crippen molar-refractivity contribution in [2.75, 3.05) is 50.9 Å². The number of nitrogens with one attached hydrogen (secondary N) is 2. The van der Waals surface area contributed by atoms with Gasteiger partial charge in [0.2, 0.25) is 0 Å². The van der Waals surface area contributed by atoms with E-state index < -0.39 is 0 Å². The van der Waals surface area contributed by atoms with Crippen LogP contribution in [0.4, 0.5) is 0 Å². The molecule has 3 fully saturated rings. The average Bonchev–Trinajstić information content (AvgIpc) is 3.20. The molecule has 220 valence electrons. The molecule has 3 heterocycles. The number of piperazine rings is 1. The summed E-state index contributed by atoms with van der Waals surface area (Å²) in [5, 5.41) is 7.30. The van der Waals surface area contributed by atoms with Gasteiger partial charge in [-0.2, -0.15) is 0 Å². The molecule has 0 spiro atoms. The Bertz CT molecular complexity index is 893. The summed E-state index contributed by atoms with van der Waals surface area (Å²) < 4.78 is 7.99. The number of carbonyl (C=O) groups excluding carboxylic acids is 1. The number of nitrogens with zero attached hydrogens (tertiary/aromatic N) is 2. The van der Waals surface area contributed by atoms with Crippen molar-refractivity contribution in [3.05, 3.63) is 45.7 Å². The molecule has 0 radical (unpaired) electrons. The van der Waals surface area contributed by atoms with Gasteiger partial charge in [-0.3, -0.25) is 0 Å². The first-order valence-corrected chi connectivity index (χ1v) is 18.1. The number of hydrogen-bond donors (Lipinski definition) is 2. The monoisotopic (exact) mass is 651 g/mol. The fraction of sp³-hybridized carbons (Fsp3) is 0.719. The van der Waals surface area contributed by atoms with Gasteiger partial charge in [0.1, 0.15) is 0 Å². The number of rotatable bonds is 10. The van der Waals surface area contributed by atoms with E-state index in [1.54, 1.807) is 0 Å². The Kier molecular flexibility index (Phi) is 12.9. The van der Waals surface area contributed by atoms with Gasteiger partial charge >= 0.3 is 249 Å². The number of halogens is 1. The summed E-state index contributed by atoms with van der Waals surface area (Å²) in [4.78, 5) is 19.5. The van der Waals surface area contributed by atoms with Crippen LogP contribution in [-0.4, -0.2) is 84.7 Å². The van der Waals surface area contributed by atoms with Crippen molar-refractivity contribution in [2.45, 2.75) is 89.3 Å². The van der Waals surface area contributed by atoms with Gasteiger partial charge in [0, 0.05) is 0 Å². The van der Waals surface area contributed by atoms with Gasteiger partial charge in [0.25, 0.3) is 0 Å². The van der Waals surface area contributed by atoms with Gasteiger partial charge in [0.05, 0.1) is 0 Å². The molecule has 39 heavy (non-hydrogen) atoms. The molecule has 0 aromatic rings. The van der Waals surface area contributed by atoms with E-state index in [9.17, 15) is 4.79 Å². The van der Waals surface area contributed by atoms with Crippen molar-refractivity contribution in [3.63, 3.8) is 0 Å². The van der Waals surface area contributed by atoms with Gasteiger partial charge < -0.3 is 0 Å². The van der Waals surface area contributed by atoms with Crippen molar-refractivity contribution in [1.29, 1.82) is 0 Å². The zero-order chi connectivity index (χ0) is 27.5. The zero-order valence-corrected chi connectivity index (χ0v) is 26.6. The van der Waals surface area contributed by atoms with Crippen LogP contribution < -0.4 is 31.8 Å². The fourth-order valence-electron chi connectivity index (χ4n) is 6.90. The molecule has 1 aliphatic carbocycles. The molecule has 0 aromatic carbocycles. The molecule has 2 saturated heterocycles. The van der Waals surface area contributed by atoms with E-state index in [-0.39, 0.29) is 27.2 Å². The summed E-state index contributed by atoms with van der Waals surface area (Å²) in [6.07, 6.45) is 20.5. The third kappa shape index (κ3) is 8.20. The van der Waals surface area contributed by atoms with Crippen LogP contribution >= 0.6 is 0 Å². The number of amides is 1. The van der Waals surface area contributed by atoms with Crippen molar-refractivity contribution in [1.82, 2.24) is 20.4 Å². The Morgan fingerprint density at radius 3 is 2.72 bits per heavy atom. The molecular weight excluding hydrogens is 599 g/mol. The van der Waals surface area contributed by atoms with Crippen molar-refractivity contribution in [3.8, 4) is 0 Å². The van der Waals surface area contributed by atoms with Crippen LogP contribution in [0.5, 0.6) is 0 Å². The Labute approximate surface area is 248 Å². The molecule has 2 unspecified atom stereocenters. The second kappa shape index (κ2) is 16.3. The maximum absolute atomic E-state index is 14.6. The zero-order valence-electron chi connectivity index (χ0n) is 24.4. The molecule has 3 aliphatic heterocycles. The van der Waals surface area contributed by atoms with E-state index in [0.717, 1.165) is 67.7 Å². The van der Waals surface area contributed by atoms with Crippen LogP contribution in [0.1, 0.15) is 71.1 Å². The van der Waals surface area contributed by atoms with Crippen LogP contribution in [0, 0.1) is 5.92 Å². The topological polar surface area (TPSA) is 56.8 Å². The molecule has 7 heteroatoms. The van der Waals surface area contributed by atoms with Crippen LogP contribution in [-0.2, 0) is 9.53 Å². The summed E-state index contributed by atoms with van der Waals surface area (Å²) in [5.41, 5.74) is 2.30. The minimum atomic E-state index is -0.386. The number of allylic oxidation sites excluding steroid dienone is 4. The van der Waals surface area contributed by atoms with Gasteiger partial charge in [-0.25, -0.2) is 0 Å². The molecular formula is C32H52IN4O2-. The van der Waals surface area contributed by atoms with E-state index in [4.69, 9.17) is 4.74 Å². The normalized spacial score (nSPS) is 29.7. The van der Waals surface area contributed by atoms with E-state index in [1.807, 2.05) is 13.2 Å². The Balaban J connectivity index is 1.68. The number of alkyl halides is 1. The second-order valence-electron chi connectivity index (χ2n) is 11.5. The Hall–Kier alpha value is -1.16. The summed E-state index contributed by atoms with van der Waals surface area (Å²) in [5.74, 6) is 0.814. The third-order valence-electron chi connectivity index (χ3n) is 8.93. The summed E-state index contributed by atoms with van der Waals surface area (Å²) >= 11 is -0.386. The standard InChI is InChI=1S/C32H52IN4O2/c1-4-6-12-25(5-2)31-30(33-18-11-21-37(31)29-15-8-7-13-26(29)24-39-3)32(38)36-22-20-34-23-28(36)17-16-27-14-9-10-19-35-27/h4-6,12,26-29,34-35H,2,7-11,13-24H2,1,3H3/q-1/b6-4-,25-12+/t26-,27?,28?,29+/m0/s1. The van der Waals surface area contributed by atoms with Crippen LogP contribution in [0.15, 0.2) is 45.7 Å². The van der Waals surface area contributed by atoms with Crippen molar-refractivity contribution < 1.29 is 30.7 Å². The van der Waals surface area contributed by atoms with E-state index in [1.165, 1.54) is 55.1 Å². The third-order valence-corrected chi connectivity index (χ3v) is 12.0. The van der Waals surface area contributed by atoms with E-state index >= 15 is 0 Å². The molecule has 6 nitrogen and oxygen atoms in total. The summed E-state index contributed by atoms with van der Waals surface area (Å²) in [6.45, 7) is 11.8. The minimum absolute atomic E-state index is 0.270. The molecule has 0 bridgehead atoms. The molecule has 4 aliphatic rings.